The number of alkyl halides is 2. The fourth-order valence-corrected chi connectivity index (χ4v) is 4.87. The molecule has 0 atom stereocenters. The Morgan fingerprint density at radius 3 is 2.47 bits per heavy atom. The summed E-state index contributed by atoms with van der Waals surface area (Å²) in [5.74, 6) is -0.579. The molecule has 182 valence electrons. The van der Waals surface area contributed by atoms with Crippen molar-refractivity contribution in [2.24, 2.45) is 0 Å². The molecule has 12 heteroatoms. The van der Waals surface area contributed by atoms with Crippen molar-refractivity contribution in [3.63, 3.8) is 0 Å². The molecule has 2 N–H and O–H groups in total. The zero-order chi connectivity index (χ0) is 25.3. The minimum absolute atomic E-state index is 0.0409. The predicted molar refractivity (Wildman–Crippen MR) is 125 cm³/mol. The van der Waals surface area contributed by atoms with Crippen LogP contribution in [-0.4, -0.2) is 32.0 Å². The van der Waals surface area contributed by atoms with Gasteiger partial charge in [-0.05, 0) is 24.1 Å². The molecule has 0 amide bonds. The van der Waals surface area contributed by atoms with Crippen molar-refractivity contribution in [3.05, 3.63) is 80.3 Å². The van der Waals surface area contributed by atoms with Crippen LogP contribution in [0.3, 0.4) is 0 Å². The Kier molecular flexibility index (Phi) is 7.62. The molecule has 0 unspecified atom stereocenters. The number of rotatable bonds is 8. The minimum Gasteiger partial charge on any atom is -0.465 e. The molecule has 0 saturated heterocycles. The van der Waals surface area contributed by atoms with E-state index in [4.69, 9.17) is 14.5 Å². The maximum Gasteiger partial charge on any atom is 0.399 e. The van der Waals surface area contributed by atoms with Crippen LogP contribution < -0.4 is 5.69 Å². The summed E-state index contributed by atoms with van der Waals surface area (Å²) in [7, 11) is -4.49. The lowest BCUT2D eigenvalue weighted by atomic mass is 10.0. The molecule has 0 radical (unpaired) electrons. The van der Waals surface area contributed by atoms with E-state index in [1.807, 2.05) is 6.92 Å². The van der Waals surface area contributed by atoms with Gasteiger partial charge in [0.2, 0.25) is 0 Å². The molecule has 0 aliphatic carbocycles. The molecule has 8 nitrogen and oxygen atoms in total. The lowest BCUT2D eigenvalue weighted by molar-refractivity contribution is 0.0557. The summed E-state index contributed by atoms with van der Waals surface area (Å²) in [4.78, 5) is 43.5. The highest BCUT2D eigenvalue weighted by Crippen LogP contribution is 2.60. The number of carbonyl (C=O) groups is 1. The third kappa shape index (κ3) is 4.93. The normalized spacial score (nSPS) is 12.1. The molecule has 0 aliphatic rings. The van der Waals surface area contributed by atoms with Crippen LogP contribution in [0.15, 0.2) is 57.9 Å². The van der Waals surface area contributed by atoms with Crippen molar-refractivity contribution in [3.8, 4) is 11.3 Å². The number of esters is 1. The van der Waals surface area contributed by atoms with Gasteiger partial charge in [0.15, 0.2) is 0 Å². The number of hydrogen-bond donors (Lipinski definition) is 2. The fraction of sp³-hybridized carbons (Fsp3) is 0.273. The molecule has 3 aromatic rings. The van der Waals surface area contributed by atoms with Gasteiger partial charge in [0.1, 0.15) is 0 Å². The number of hydrogen-bond acceptors (Lipinski definition) is 4. The lowest BCUT2D eigenvalue weighted by Gasteiger charge is -2.20. The number of benzene rings is 2. The van der Waals surface area contributed by atoms with E-state index in [2.05, 4.69) is 15.9 Å². The zero-order valence-electron chi connectivity index (χ0n) is 18.2. The lowest BCUT2D eigenvalue weighted by Crippen LogP contribution is -2.25. The maximum absolute atomic E-state index is 14.2. The molecule has 1 heterocycles. The minimum atomic E-state index is -5.74. The topological polar surface area (TPSA) is 111 Å². The SMILES string of the molecule is CCCn1cc(-c2ccccc2C(=O)OC)n(Cc2ccc(C(F)(F)P(=O)(O)O)c(Br)c2)c1=O. The second-order valence-electron chi connectivity index (χ2n) is 7.51. The third-order valence-corrected chi connectivity index (χ3v) is 6.81. The van der Waals surface area contributed by atoms with Crippen LogP contribution in [0.2, 0.25) is 0 Å². The monoisotopic (exact) mass is 558 g/mol. The largest absolute Gasteiger partial charge is 0.465 e. The molecule has 3 rings (SSSR count). The van der Waals surface area contributed by atoms with Gasteiger partial charge in [0, 0.05) is 28.3 Å². The molecule has 0 aliphatic heterocycles. The highest BCUT2D eigenvalue weighted by atomic mass is 79.9. The average molecular weight is 559 g/mol. The van der Waals surface area contributed by atoms with Gasteiger partial charge >= 0.3 is 24.9 Å². The van der Waals surface area contributed by atoms with Gasteiger partial charge in [-0.25, -0.2) is 9.59 Å². The number of halogens is 3. The number of methoxy groups -OCH3 is 1. The van der Waals surface area contributed by atoms with E-state index in [1.54, 1.807) is 30.5 Å². The van der Waals surface area contributed by atoms with Gasteiger partial charge < -0.3 is 14.5 Å². The van der Waals surface area contributed by atoms with Gasteiger partial charge in [-0.2, -0.15) is 8.78 Å². The van der Waals surface area contributed by atoms with E-state index >= 15 is 0 Å². The second kappa shape index (κ2) is 9.95. The summed E-state index contributed by atoms with van der Waals surface area (Å²) < 4.78 is 47.1. The standard InChI is InChI=1S/C22H22BrF2N2O6P/c1-3-10-26-13-19(15-6-4-5-7-16(15)20(28)33-2)27(21(26)29)12-14-8-9-17(18(23)11-14)22(24,25)34(30,31)32/h4-9,11,13H,3,10,12H2,1-2H3,(H2,30,31,32). The van der Waals surface area contributed by atoms with Crippen LogP contribution in [0.5, 0.6) is 0 Å². The quantitative estimate of drug-likeness (QED) is 0.310. The van der Waals surface area contributed by atoms with Crippen LogP contribution in [0, 0.1) is 0 Å². The molecule has 0 bridgehead atoms. The second-order valence-corrected chi connectivity index (χ2v) is 10.0. The van der Waals surface area contributed by atoms with E-state index in [1.165, 1.54) is 28.4 Å². The fourth-order valence-electron chi connectivity index (χ4n) is 3.53. The number of aryl methyl sites for hydroxylation is 1. The molecule has 2 aromatic carbocycles. The number of ether oxygens (including phenoxy) is 1. The number of carbonyl (C=O) groups excluding carboxylic acids is 1. The van der Waals surface area contributed by atoms with Crippen molar-refractivity contribution < 1.29 is 32.7 Å². The Bertz CT molecular complexity index is 1330. The van der Waals surface area contributed by atoms with Gasteiger partial charge in [0.05, 0.1) is 24.9 Å². The third-order valence-electron chi connectivity index (χ3n) is 5.18. The molecule has 0 fully saturated rings. The predicted octanol–water partition coefficient (Wildman–Crippen LogP) is 4.55. The molecular formula is C22H22BrF2N2O6P. The molecular weight excluding hydrogens is 537 g/mol. The summed E-state index contributed by atoms with van der Waals surface area (Å²) in [6, 6.07) is 10.1. The van der Waals surface area contributed by atoms with Crippen molar-refractivity contribution >= 4 is 29.5 Å². The van der Waals surface area contributed by atoms with E-state index < -0.39 is 24.8 Å². The van der Waals surface area contributed by atoms with E-state index in [0.717, 1.165) is 6.07 Å². The summed E-state index contributed by atoms with van der Waals surface area (Å²) in [6.45, 7) is 2.29. The average Bonchev–Trinajstić information content (AvgIpc) is 3.07. The van der Waals surface area contributed by atoms with Crippen LogP contribution in [0.1, 0.15) is 34.8 Å². The van der Waals surface area contributed by atoms with Gasteiger partial charge in [-0.15, -0.1) is 0 Å². The van der Waals surface area contributed by atoms with E-state index in [-0.39, 0.29) is 22.3 Å². The number of imidazole rings is 1. The summed E-state index contributed by atoms with van der Waals surface area (Å²) in [5.41, 5.74) is -4.04. The van der Waals surface area contributed by atoms with Crippen LogP contribution in [-0.2, 0) is 28.1 Å². The number of aromatic nitrogens is 2. The highest BCUT2D eigenvalue weighted by molar-refractivity contribution is 9.10. The smallest absolute Gasteiger partial charge is 0.399 e. The Hall–Kier alpha value is -2.59. The first-order valence-electron chi connectivity index (χ1n) is 10.1. The molecule has 34 heavy (non-hydrogen) atoms. The van der Waals surface area contributed by atoms with Crippen LogP contribution in [0.25, 0.3) is 11.3 Å². The van der Waals surface area contributed by atoms with Crippen molar-refractivity contribution in [2.45, 2.75) is 32.1 Å². The first-order chi connectivity index (χ1) is 15.9. The van der Waals surface area contributed by atoms with Crippen molar-refractivity contribution in [1.82, 2.24) is 9.13 Å². The zero-order valence-corrected chi connectivity index (χ0v) is 20.7. The molecule has 0 spiro atoms. The van der Waals surface area contributed by atoms with Crippen molar-refractivity contribution in [2.75, 3.05) is 7.11 Å². The highest BCUT2D eigenvalue weighted by Gasteiger charge is 2.51. The summed E-state index contributed by atoms with van der Waals surface area (Å²) in [6.07, 6.45) is 2.30. The van der Waals surface area contributed by atoms with Gasteiger partial charge in [-0.3, -0.25) is 13.7 Å². The molecule has 0 saturated carbocycles. The van der Waals surface area contributed by atoms with E-state index in [0.29, 0.717) is 29.8 Å². The van der Waals surface area contributed by atoms with E-state index in [9.17, 15) is 22.9 Å². The maximum atomic E-state index is 14.2. The van der Waals surface area contributed by atoms with Crippen molar-refractivity contribution in [1.29, 1.82) is 0 Å². The Morgan fingerprint density at radius 1 is 1.21 bits per heavy atom. The van der Waals surface area contributed by atoms with Gasteiger partial charge in [-0.1, -0.05) is 53.2 Å². The Balaban J connectivity index is 2.12. The van der Waals surface area contributed by atoms with Gasteiger partial charge in [0.25, 0.3) is 0 Å². The summed E-state index contributed by atoms with van der Waals surface area (Å²) >= 11 is 2.96. The van der Waals surface area contributed by atoms with Crippen LogP contribution in [0.4, 0.5) is 8.78 Å². The Morgan fingerprint density at radius 2 is 1.88 bits per heavy atom. The molecule has 1 aromatic heterocycles. The first kappa shape index (κ1) is 26.0. The summed E-state index contributed by atoms with van der Waals surface area (Å²) in [5, 5.41) is 0. The number of nitrogens with zero attached hydrogens (tertiary/aromatic N) is 2. The van der Waals surface area contributed by atoms with Crippen LogP contribution >= 0.6 is 23.5 Å². The Labute approximate surface area is 202 Å². The first-order valence-corrected chi connectivity index (χ1v) is 12.5.